The highest BCUT2D eigenvalue weighted by molar-refractivity contribution is 6.04. The third-order valence-electron chi connectivity index (χ3n) is 6.83. The van der Waals surface area contributed by atoms with Gasteiger partial charge in [0.05, 0.1) is 29.7 Å². The zero-order valence-corrected chi connectivity index (χ0v) is 23.2. The van der Waals surface area contributed by atoms with E-state index in [2.05, 4.69) is 50.0 Å². The Labute approximate surface area is 235 Å². The minimum absolute atomic E-state index is 0.124. The summed E-state index contributed by atoms with van der Waals surface area (Å²) < 4.78 is 62.0. The first-order chi connectivity index (χ1) is 19.5. The van der Waals surface area contributed by atoms with Crippen LogP contribution in [0.25, 0.3) is 0 Å². The van der Waals surface area contributed by atoms with Gasteiger partial charge in [-0.3, -0.25) is 4.79 Å². The van der Waals surface area contributed by atoms with Crippen LogP contribution in [-0.4, -0.2) is 54.6 Å². The summed E-state index contributed by atoms with van der Waals surface area (Å²) in [6.45, 7) is 6.91. The van der Waals surface area contributed by atoms with Gasteiger partial charge in [0, 0.05) is 25.8 Å². The second kappa shape index (κ2) is 12.6. The smallest absolute Gasteiger partial charge is 0.421 e. The van der Waals surface area contributed by atoms with Crippen molar-refractivity contribution in [3.8, 4) is 5.75 Å². The normalized spacial score (nSPS) is 13.5. The molecule has 4 N–H and O–H groups in total. The van der Waals surface area contributed by atoms with Gasteiger partial charge in [-0.25, -0.2) is 9.37 Å². The molecule has 1 aromatic heterocycles. The Morgan fingerprint density at radius 3 is 2.61 bits per heavy atom. The highest BCUT2D eigenvalue weighted by Crippen LogP contribution is 2.38. The zero-order chi connectivity index (χ0) is 29.7. The molecule has 0 bridgehead atoms. The molecule has 0 aliphatic carbocycles. The number of carbonyl (C=O) groups is 1. The lowest BCUT2D eigenvalue weighted by Gasteiger charge is -2.20. The average molecular weight is 576 g/mol. The topological polar surface area (TPSA) is 103 Å². The number of ether oxygens (including phenoxy) is 1. The molecule has 2 heterocycles. The summed E-state index contributed by atoms with van der Waals surface area (Å²) in [5, 5.41) is 11.1. The molecule has 3 aromatic rings. The standard InChI is InChI=1S/C28H33F4N7O2/c1-5-39(3)15-16(2)11-12-33-20-9-10-21(24(41-4)23(20)29)37-27-35-14-18(28(30,31)32)25(38-27)36-19-8-6-7-17-13-34-26(40)22(17)19/h6-10,14,16,33H,5,11-13,15H2,1-4H3,(H,34,40)(H2,35,36,37,38)/t16-/m1/s1. The molecule has 0 saturated carbocycles. The fourth-order valence-electron chi connectivity index (χ4n) is 4.57. The number of methoxy groups -OCH3 is 1. The van der Waals surface area contributed by atoms with Crippen molar-refractivity contribution in [2.45, 2.75) is 33.0 Å². The van der Waals surface area contributed by atoms with Crippen LogP contribution in [0.2, 0.25) is 0 Å². The lowest BCUT2D eigenvalue weighted by molar-refractivity contribution is -0.137. The highest BCUT2D eigenvalue weighted by Gasteiger charge is 2.36. The number of amides is 1. The molecule has 0 saturated heterocycles. The summed E-state index contributed by atoms with van der Waals surface area (Å²) in [6.07, 6.45) is -3.33. The second-order valence-corrected chi connectivity index (χ2v) is 9.91. The number of fused-ring (bicyclic) bond motifs is 1. The molecule has 13 heteroatoms. The molecule has 0 unspecified atom stereocenters. The number of hydrogen-bond acceptors (Lipinski definition) is 8. The first-order valence-electron chi connectivity index (χ1n) is 13.2. The molecule has 0 spiro atoms. The van der Waals surface area contributed by atoms with Crippen molar-refractivity contribution in [1.29, 1.82) is 0 Å². The number of benzene rings is 2. The van der Waals surface area contributed by atoms with E-state index in [-0.39, 0.29) is 40.9 Å². The molecule has 4 rings (SSSR count). The monoisotopic (exact) mass is 575 g/mol. The van der Waals surface area contributed by atoms with Crippen molar-refractivity contribution < 1.29 is 27.1 Å². The van der Waals surface area contributed by atoms with Gasteiger partial charge in [0.2, 0.25) is 5.95 Å². The van der Waals surface area contributed by atoms with E-state index in [0.717, 1.165) is 19.5 Å². The molecule has 1 atom stereocenters. The van der Waals surface area contributed by atoms with Crippen molar-refractivity contribution in [2.24, 2.45) is 5.92 Å². The maximum absolute atomic E-state index is 15.3. The number of nitrogens with one attached hydrogen (secondary N) is 4. The van der Waals surface area contributed by atoms with Crippen LogP contribution in [-0.2, 0) is 12.7 Å². The van der Waals surface area contributed by atoms with Gasteiger partial charge in [0.15, 0.2) is 11.6 Å². The summed E-state index contributed by atoms with van der Waals surface area (Å²) in [6, 6.07) is 7.87. The summed E-state index contributed by atoms with van der Waals surface area (Å²) in [5.41, 5.74) is 0.290. The molecule has 2 aromatic carbocycles. The van der Waals surface area contributed by atoms with Gasteiger partial charge in [-0.1, -0.05) is 26.0 Å². The van der Waals surface area contributed by atoms with Gasteiger partial charge in [-0.15, -0.1) is 0 Å². The number of aromatic nitrogens is 2. The van der Waals surface area contributed by atoms with E-state index in [1.807, 2.05) is 7.05 Å². The van der Waals surface area contributed by atoms with Crippen LogP contribution in [0.4, 0.5) is 46.4 Å². The summed E-state index contributed by atoms with van der Waals surface area (Å²) >= 11 is 0. The summed E-state index contributed by atoms with van der Waals surface area (Å²) in [5.74, 6) is -1.60. The van der Waals surface area contributed by atoms with Gasteiger partial charge in [-0.2, -0.15) is 18.2 Å². The van der Waals surface area contributed by atoms with Crippen LogP contribution in [0.1, 0.15) is 41.8 Å². The van der Waals surface area contributed by atoms with E-state index in [1.165, 1.54) is 25.3 Å². The largest absolute Gasteiger partial charge is 0.492 e. The van der Waals surface area contributed by atoms with E-state index in [0.29, 0.717) is 24.2 Å². The van der Waals surface area contributed by atoms with Gasteiger partial charge in [0.25, 0.3) is 5.91 Å². The molecule has 0 fully saturated rings. The zero-order valence-electron chi connectivity index (χ0n) is 23.2. The number of nitrogens with zero attached hydrogens (tertiary/aromatic N) is 3. The predicted molar refractivity (Wildman–Crippen MR) is 150 cm³/mol. The highest BCUT2D eigenvalue weighted by atomic mass is 19.4. The van der Waals surface area contributed by atoms with E-state index in [9.17, 15) is 18.0 Å². The SMILES string of the molecule is CCN(C)C[C@H](C)CCNc1ccc(Nc2ncc(C(F)(F)F)c(Nc3cccc4c3C(=O)NC4)n2)c(OC)c1F. The molecule has 1 amide bonds. The maximum atomic E-state index is 15.3. The Morgan fingerprint density at radius 1 is 1.15 bits per heavy atom. The Morgan fingerprint density at radius 2 is 1.90 bits per heavy atom. The lowest BCUT2D eigenvalue weighted by Crippen LogP contribution is -2.25. The summed E-state index contributed by atoms with van der Waals surface area (Å²) in [7, 11) is 3.34. The first kappa shape index (κ1) is 29.8. The minimum atomic E-state index is -4.78. The Kier molecular flexibility index (Phi) is 9.16. The molecule has 1 aliphatic heterocycles. The number of rotatable bonds is 12. The van der Waals surface area contributed by atoms with Gasteiger partial charge in [-0.05, 0) is 49.7 Å². The molecule has 41 heavy (non-hydrogen) atoms. The predicted octanol–water partition coefficient (Wildman–Crippen LogP) is 5.76. The van der Waals surface area contributed by atoms with Gasteiger partial charge >= 0.3 is 6.18 Å². The van der Waals surface area contributed by atoms with Crippen LogP contribution in [0.3, 0.4) is 0 Å². The van der Waals surface area contributed by atoms with E-state index in [1.54, 1.807) is 12.1 Å². The van der Waals surface area contributed by atoms with Crippen molar-refractivity contribution in [2.75, 3.05) is 49.7 Å². The van der Waals surface area contributed by atoms with Crippen LogP contribution in [0, 0.1) is 11.7 Å². The Balaban J connectivity index is 1.56. The van der Waals surface area contributed by atoms with E-state index >= 15 is 4.39 Å². The van der Waals surface area contributed by atoms with Crippen molar-refractivity contribution in [1.82, 2.24) is 20.2 Å². The third-order valence-corrected chi connectivity index (χ3v) is 6.83. The molecular weight excluding hydrogens is 542 g/mol. The molecular formula is C28H33F4N7O2. The number of alkyl halides is 3. The van der Waals surface area contributed by atoms with Crippen LogP contribution < -0.4 is 26.0 Å². The van der Waals surface area contributed by atoms with Crippen LogP contribution >= 0.6 is 0 Å². The fourth-order valence-corrected chi connectivity index (χ4v) is 4.57. The molecule has 220 valence electrons. The quantitative estimate of drug-likeness (QED) is 0.202. The third kappa shape index (κ3) is 6.96. The average Bonchev–Trinajstić information content (AvgIpc) is 3.31. The number of carbonyl (C=O) groups excluding carboxylic acids is 1. The van der Waals surface area contributed by atoms with Gasteiger partial charge < -0.3 is 30.9 Å². The number of hydrogen-bond donors (Lipinski definition) is 4. The number of anilines is 5. The van der Waals surface area contributed by atoms with E-state index in [4.69, 9.17) is 4.74 Å². The number of halogens is 4. The molecule has 1 aliphatic rings. The summed E-state index contributed by atoms with van der Waals surface area (Å²) in [4.78, 5) is 22.3. The van der Waals surface area contributed by atoms with Gasteiger partial charge in [0.1, 0.15) is 11.4 Å². The van der Waals surface area contributed by atoms with Crippen LogP contribution in [0.5, 0.6) is 5.75 Å². The lowest BCUT2D eigenvalue weighted by atomic mass is 10.1. The Bertz CT molecular complexity index is 1400. The fraction of sp³-hybridized carbons (Fsp3) is 0.393. The Hall–Kier alpha value is -4.13. The van der Waals surface area contributed by atoms with E-state index < -0.39 is 29.3 Å². The second-order valence-electron chi connectivity index (χ2n) is 9.91. The van der Waals surface area contributed by atoms with Crippen molar-refractivity contribution >= 4 is 34.7 Å². The first-order valence-corrected chi connectivity index (χ1v) is 13.2. The van der Waals surface area contributed by atoms with Crippen LogP contribution in [0.15, 0.2) is 36.5 Å². The van der Waals surface area contributed by atoms with Crippen molar-refractivity contribution in [3.05, 3.63) is 59.0 Å². The van der Waals surface area contributed by atoms with Crippen molar-refractivity contribution in [3.63, 3.8) is 0 Å². The molecule has 9 nitrogen and oxygen atoms in total. The maximum Gasteiger partial charge on any atom is 0.421 e. The molecule has 0 radical (unpaired) electrons. The minimum Gasteiger partial charge on any atom is -0.492 e.